The van der Waals surface area contributed by atoms with Gasteiger partial charge in [0.15, 0.2) is 12.8 Å². The summed E-state index contributed by atoms with van der Waals surface area (Å²) in [4.78, 5) is 14.9. The number of likely N-dealkylation sites (N-methyl/N-ethyl adjacent to an activating group) is 2. The third kappa shape index (κ3) is 5.12. The van der Waals surface area contributed by atoms with E-state index in [1.807, 2.05) is 6.92 Å². The molecule has 1 amide bonds. The largest absolute Gasteiger partial charge is 0.390 e. The summed E-state index contributed by atoms with van der Waals surface area (Å²) in [6, 6.07) is -0.584. The highest BCUT2D eigenvalue weighted by Gasteiger charge is 2.44. The van der Waals surface area contributed by atoms with E-state index in [0.29, 0.717) is 17.6 Å². The molecule has 2 N–H and O–H groups in total. The van der Waals surface area contributed by atoms with Crippen molar-refractivity contribution in [3.05, 3.63) is 0 Å². The third-order valence-electron chi connectivity index (χ3n) is 5.55. The van der Waals surface area contributed by atoms with Crippen molar-refractivity contribution in [3.63, 3.8) is 0 Å². The lowest BCUT2D eigenvalue weighted by molar-refractivity contribution is -0.906. The molecule has 8 heteroatoms. The highest BCUT2D eigenvalue weighted by molar-refractivity contribution is 5.77. The smallest absolute Gasteiger partial charge is 0.275 e. The molecular formula is C17H34N3O5+. The van der Waals surface area contributed by atoms with E-state index in [9.17, 15) is 9.90 Å². The van der Waals surface area contributed by atoms with E-state index in [1.54, 1.807) is 7.11 Å². The van der Waals surface area contributed by atoms with Gasteiger partial charge in [0.05, 0.1) is 39.0 Å². The first kappa shape index (κ1) is 20.5. The van der Waals surface area contributed by atoms with Crippen LogP contribution in [0.5, 0.6) is 0 Å². The van der Waals surface area contributed by atoms with Crippen LogP contribution in [0.2, 0.25) is 0 Å². The minimum Gasteiger partial charge on any atom is -0.390 e. The summed E-state index contributed by atoms with van der Waals surface area (Å²) in [5.74, 6) is -0.246. The molecule has 2 heterocycles. The molecule has 2 rings (SSSR count). The number of carbonyl (C=O) groups is 1. The van der Waals surface area contributed by atoms with Crippen LogP contribution in [0.15, 0.2) is 0 Å². The fourth-order valence-corrected chi connectivity index (χ4v) is 3.58. The van der Waals surface area contributed by atoms with E-state index in [4.69, 9.17) is 14.2 Å². The number of hydrogen-bond acceptors (Lipinski definition) is 6. The number of amides is 1. The second-order valence-corrected chi connectivity index (χ2v) is 7.71. The molecule has 0 bridgehead atoms. The van der Waals surface area contributed by atoms with Crippen LogP contribution in [0, 0.1) is 5.92 Å². The van der Waals surface area contributed by atoms with Crippen LogP contribution < -0.4 is 5.32 Å². The maximum Gasteiger partial charge on any atom is 0.275 e. The molecular weight excluding hydrogens is 326 g/mol. The molecule has 2 aliphatic rings. The predicted molar refractivity (Wildman–Crippen MR) is 92.9 cm³/mol. The Kier molecular flexibility index (Phi) is 7.19. The number of nitrogens with one attached hydrogen (secondary N) is 1. The summed E-state index contributed by atoms with van der Waals surface area (Å²) in [7, 11) is 7.31. The Morgan fingerprint density at radius 1 is 1.36 bits per heavy atom. The van der Waals surface area contributed by atoms with Crippen LogP contribution in [0.25, 0.3) is 0 Å². The molecule has 5 unspecified atom stereocenters. The van der Waals surface area contributed by atoms with E-state index < -0.39 is 18.4 Å². The fourth-order valence-electron chi connectivity index (χ4n) is 3.58. The molecule has 2 fully saturated rings. The molecule has 0 radical (unpaired) electrons. The topological polar surface area (TPSA) is 80.3 Å². The van der Waals surface area contributed by atoms with Gasteiger partial charge in [-0.3, -0.25) is 9.69 Å². The molecule has 5 atom stereocenters. The molecule has 2 aliphatic heterocycles. The molecule has 25 heavy (non-hydrogen) atoms. The zero-order valence-corrected chi connectivity index (χ0v) is 16.1. The third-order valence-corrected chi connectivity index (χ3v) is 5.55. The van der Waals surface area contributed by atoms with Gasteiger partial charge in [0.2, 0.25) is 0 Å². The molecule has 0 spiro atoms. The Hall–Kier alpha value is -0.770. The van der Waals surface area contributed by atoms with Gasteiger partial charge in [-0.05, 0) is 7.05 Å². The summed E-state index contributed by atoms with van der Waals surface area (Å²) in [6.07, 6.45) is -1.70. The van der Waals surface area contributed by atoms with Crippen molar-refractivity contribution < 1.29 is 28.6 Å². The number of methoxy groups -OCH3 is 2. The van der Waals surface area contributed by atoms with Crippen molar-refractivity contribution in [2.75, 3.05) is 67.6 Å². The van der Waals surface area contributed by atoms with E-state index >= 15 is 0 Å². The number of aliphatic hydroxyl groups is 1. The number of carbonyl (C=O) groups excluding carboxylic acids is 1. The standard InChI is InChI=1S/C17H33N3O5/c1-12-13(11-23-4)25-17(24-5)15(16(12)22)18-14(21)10-20(3)8-6-19(2)7-9-20/h12-13,15-17,22H,6-11H2,1-5H3/p+1. The van der Waals surface area contributed by atoms with Gasteiger partial charge in [-0.25, -0.2) is 0 Å². The van der Waals surface area contributed by atoms with Crippen molar-refractivity contribution in [2.45, 2.75) is 31.5 Å². The lowest BCUT2D eigenvalue weighted by atomic mass is 9.89. The van der Waals surface area contributed by atoms with E-state index in [2.05, 4.69) is 24.3 Å². The Balaban J connectivity index is 1.96. The van der Waals surface area contributed by atoms with Gasteiger partial charge in [0.25, 0.3) is 5.91 Å². The van der Waals surface area contributed by atoms with E-state index in [0.717, 1.165) is 26.2 Å². The Bertz CT molecular complexity index is 440. The Morgan fingerprint density at radius 3 is 2.56 bits per heavy atom. The lowest BCUT2D eigenvalue weighted by Gasteiger charge is -2.44. The van der Waals surface area contributed by atoms with Crippen LogP contribution in [-0.2, 0) is 19.0 Å². The van der Waals surface area contributed by atoms with Crippen LogP contribution >= 0.6 is 0 Å². The van der Waals surface area contributed by atoms with Gasteiger partial charge >= 0.3 is 0 Å². The highest BCUT2D eigenvalue weighted by Crippen LogP contribution is 2.26. The maximum atomic E-state index is 12.6. The Morgan fingerprint density at radius 2 is 2.00 bits per heavy atom. The van der Waals surface area contributed by atoms with Crippen LogP contribution in [0.1, 0.15) is 6.92 Å². The predicted octanol–water partition coefficient (Wildman–Crippen LogP) is -1.12. The van der Waals surface area contributed by atoms with Crippen molar-refractivity contribution in [1.29, 1.82) is 0 Å². The number of rotatable bonds is 6. The van der Waals surface area contributed by atoms with Crippen LogP contribution in [-0.4, -0.2) is 113 Å². The number of hydrogen-bond donors (Lipinski definition) is 2. The second-order valence-electron chi connectivity index (χ2n) is 7.71. The number of ether oxygens (including phenoxy) is 3. The van der Waals surface area contributed by atoms with Crippen LogP contribution in [0.3, 0.4) is 0 Å². The van der Waals surface area contributed by atoms with Crippen molar-refractivity contribution in [1.82, 2.24) is 10.2 Å². The molecule has 0 aromatic rings. The van der Waals surface area contributed by atoms with E-state index in [-0.39, 0.29) is 17.9 Å². The van der Waals surface area contributed by atoms with Crippen LogP contribution in [0.4, 0.5) is 0 Å². The molecule has 0 saturated carbocycles. The van der Waals surface area contributed by atoms with Gasteiger partial charge in [-0.15, -0.1) is 0 Å². The number of piperazine rings is 1. The molecule has 0 aromatic carbocycles. The summed E-state index contributed by atoms with van der Waals surface area (Å²) in [5, 5.41) is 13.6. The zero-order valence-electron chi connectivity index (χ0n) is 16.1. The second kappa shape index (κ2) is 8.75. The van der Waals surface area contributed by atoms with Gasteiger partial charge in [0, 0.05) is 33.2 Å². The maximum absolute atomic E-state index is 12.6. The first-order valence-electron chi connectivity index (χ1n) is 8.96. The summed E-state index contributed by atoms with van der Waals surface area (Å²) < 4.78 is 17.1. The Labute approximate surface area is 150 Å². The summed E-state index contributed by atoms with van der Waals surface area (Å²) in [6.45, 7) is 6.50. The van der Waals surface area contributed by atoms with Crippen molar-refractivity contribution >= 4 is 5.91 Å². The lowest BCUT2D eigenvalue weighted by Crippen LogP contribution is -2.64. The van der Waals surface area contributed by atoms with Crippen molar-refractivity contribution in [2.24, 2.45) is 5.92 Å². The van der Waals surface area contributed by atoms with Gasteiger partial charge in [-0.1, -0.05) is 6.92 Å². The van der Waals surface area contributed by atoms with Crippen molar-refractivity contribution in [3.8, 4) is 0 Å². The molecule has 2 saturated heterocycles. The minimum atomic E-state index is -0.749. The highest BCUT2D eigenvalue weighted by atomic mass is 16.7. The molecule has 146 valence electrons. The number of nitrogens with zero attached hydrogens (tertiary/aromatic N) is 2. The summed E-state index contributed by atoms with van der Waals surface area (Å²) in [5.41, 5.74) is 0. The first-order valence-corrected chi connectivity index (χ1v) is 8.96. The average molecular weight is 360 g/mol. The molecule has 0 aromatic heterocycles. The monoisotopic (exact) mass is 360 g/mol. The minimum absolute atomic E-state index is 0.0841. The summed E-state index contributed by atoms with van der Waals surface area (Å²) >= 11 is 0. The average Bonchev–Trinajstić information content (AvgIpc) is 2.57. The molecule has 0 aliphatic carbocycles. The molecule has 8 nitrogen and oxygen atoms in total. The van der Waals surface area contributed by atoms with E-state index in [1.165, 1.54) is 7.11 Å². The number of aliphatic hydroxyl groups excluding tert-OH is 1. The fraction of sp³-hybridized carbons (Fsp3) is 0.941. The normalized spacial score (nSPS) is 36.2. The SMILES string of the molecule is COCC1OC(OC)C(NC(=O)C[N+]2(C)CCN(C)CC2)C(O)C1C. The number of quaternary nitrogens is 1. The first-order chi connectivity index (χ1) is 11.8. The van der Waals surface area contributed by atoms with Gasteiger partial charge in [-0.2, -0.15) is 0 Å². The van der Waals surface area contributed by atoms with Gasteiger partial charge < -0.3 is 29.1 Å². The quantitative estimate of drug-likeness (QED) is 0.584. The van der Waals surface area contributed by atoms with Gasteiger partial charge in [0.1, 0.15) is 6.04 Å². The zero-order chi connectivity index (χ0) is 18.6.